The summed E-state index contributed by atoms with van der Waals surface area (Å²) < 4.78 is 5.28. The molecular formula is C13H23NO5. The van der Waals surface area contributed by atoms with Gasteiger partial charge in [-0.25, -0.2) is 0 Å². The smallest absolute Gasteiger partial charge is 0.320 e. The highest BCUT2D eigenvalue weighted by Crippen LogP contribution is 2.28. The van der Waals surface area contributed by atoms with Gasteiger partial charge in [-0.2, -0.15) is 0 Å². The van der Waals surface area contributed by atoms with E-state index in [0.29, 0.717) is 13.0 Å². The van der Waals surface area contributed by atoms with Crippen molar-refractivity contribution in [3.8, 4) is 0 Å². The summed E-state index contributed by atoms with van der Waals surface area (Å²) in [6.45, 7) is 4.69. The summed E-state index contributed by atoms with van der Waals surface area (Å²) in [4.78, 5) is 23.5. The number of carboxylic acids is 2. The molecule has 0 aromatic carbocycles. The predicted octanol–water partition coefficient (Wildman–Crippen LogP) is 1.19. The Bertz CT molecular complexity index is 318. The van der Waals surface area contributed by atoms with E-state index in [4.69, 9.17) is 9.84 Å². The van der Waals surface area contributed by atoms with E-state index in [1.165, 1.54) is 0 Å². The SMILES string of the molecule is CC(C)N1[C@H](CCOCCC(=O)O)CC[C@H]1C(=O)O. The summed E-state index contributed by atoms with van der Waals surface area (Å²) in [7, 11) is 0. The van der Waals surface area contributed by atoms with E-state index in [1.807, 2.05) is 18.7 Å². The molecule has 1 aliphatic heterocycles. The van der Waals surface area contributed by atoms with Gasteiger partial charge in [0.25, 0.3) is 0 Å². The van der Waals surface area contributed by atoms with Crippen LogP contribution in [0.25, 0.3) is 0 Å². The van der Waals surface area contributed by atoms with Gasteiger partial charge in [0, 0.05) is 18.7 Å². The number of likely N-dealkylation sites (tertiary alicyclic amines) is 1. The summed E-state index contributed by atoms with van der Waals surface area (Å²) in [5.41, 5.74) is 0. The van der Waals surface area contributed by atoms with Gasteiger partial charge in [0.05, 0.1) is 13.0 Å². The number of carbonyl (C=O) groups is 2. The molecule has 0 spiro atoms. The Balaban J connectivity index is 2.36. The molecule has 1 saturated heterocycles. The number of hydrogen-bond acceptors (Lipinski definition) is 4. The molecule has 1 heterocycles. The Labute approximate surface area is 113 Å². The standard InChI is InChI=1S/C13H23NO5/c1-9(2)14-10(3-4-11(14)13(17)18)5-7-19-8-6-12(15)16/h9-11H,3-8H2,1-2H3,(H,15,16)(H,17,18)/t10-,11-/m0/s1. The van der Waals surface area contributed by atoms with Crippen molar-refractivity contribution >= 4 is 11.9 Å². The van der Waals surface area contributed by atoms with Gasteiger partial charge in [0.1, 0.15) is 6.04 Å². The summed E-state index contributed by atoms with van der Waals surface area (Å²) in [5.74, 6) is -1.63. The highest BCUT2D eigenvalue weighted by Gasteiger charge is 2.38. The second-order valence-corrected chi connectivity index (χ2v) is 5.17. The van der Waals surface area contributed by atoms with E-state index >= 15 is 0 Å². The quantitative estimate of drug-likeness (QED) is 0.646. The van der Waals surface area contributed by atoms with E-state index in [2.05, 4.69) is 0 Å². The van der Waals surface area contributed by atoms with Gasteiger partial charge < -0.3 is 14.9 Å². The number of nitrogens with zero attached hydrogens (tertiary/aromatic N) is 1. The topological polar surface area (TPSA) is 87.1 Å². The largest absolute Gasteiger partial charge is 0.481 e. The molecule has 2 atom stereocenters. The molecule has 19 heavy (non-hydrogen) atoms. The summed E-state index contributed by atoms with van der Waals surface area (Å²) >= 11 is 0. The second kappa shape index (κ2) is 7.45. The molecule has 1 aliphatic rings. The highest BCUT2D eigenvalue weighted by molar-refractivity contribution is 5.74. The van der Waals surface area contributed by atoms with E-state index in [0.717, 1.165) is 12.8 Å². The van der Waals surface area contributed by atoms with Gasteiger partial charge in [0.15, 0.2) is 0 Å². The van der Waals surface area contributed by atoms with Crippen LogP contribution in [0, 0.1) is 0 Å². The molecule has 110 valence electrons. The molecule has 2 N–H and O–H groups in total. The van der Waals surface area contributed by atoms with E-state index in [9.17, 15) is 14.7 Å². The Morgan fingerprint density at radius 2 is 1.95 bits per heavy atom. The highest BCUT2D eigenvalue weighted by atomic mass is 16.5. The van der Waals surface area contributed by atoms with Crippen molar-refractivity contribution < 1.29 is 24.5 Å². The van der Waals surface area contributed by atoms with E-state index in [-0.39, 0.29) is 25.1 Å². The van der Waals surface area contributed by atoms with Crippen molar-refractivity contribution in [3.05, 3.63) is 0 Å². The van der Waals surface area contributed by atoms with Crippen molar-refractivity contribution in [1.29, 1.82) is 0 Å². The zero-order valence-electron chi connectivity index (χ0n) is 11.5. The first-order chi connectivity index (χ1) is 8.93. The Hall–Kier alpha value is -1.14. The third-order valence-electron chi connectivity index (χ3n) is 3.49. The predicted molar refractivity (Wildman–Crippen MR) is 69.1 cm³/mol. The van der Waals surface area contributed by atoms with Crippen LogP contribution in [-0.2, 0) is 14.3 Å². The van der Waals surface area contributed by atoms with Crippen LogP contribution in [0.5, 0.6) is 0 Å². The van der Waals surface area contributed by atoms with Gasteiger partial charge >= 0.3 is 11.9 Å². The summed E-state index contributed by atoms with van der Waals surface area (Å²) in [6.07, 6.45) is 2.29. The van der Waals surface area contributed by atoms with Crippen molar-refractivity contribution in [2.24, 2.45) is 0 Å². The fraction of sp³-hybridized carbons (Fsp3) is 0.846. The first-order valence-electron chi connectivity index (χ1n) is 6.73. The summed E-state index contributed by atoms with van der Waals surface area (Å²) in [5, 5.41) is 17.7. The Morgan fingerprint density at radius 1 is 1.26 bits per heavy atom. The fourth-order valence-electron chi connectivity index (χ4n) is 2.71. The third-order valence-corrected chi connectivity index (χ3v) is 3.49. The number of rotatable bonds is 8. The average Bonchev–Trinajstić information content (AvgIpc) is 2.72. The van der Waals surface area contributed by atoms with Crippen LogP contribution < -0.4 is 0 Å². The zero-order chi connectivity index (χ0) is 14.4. The summed E-state index contributed by atoms with van der Waals surface area (Å²) in [6, 6.07) is 0.00238. The lowest BCUT2D eigenvalue weighted by atomic mass is 10.1. The molecule has 0 saturated carbocycles. The van der Waals surface area contributed by atoms with Crippen molar-refractivity contribution in [2.45, 2.75) is 57.7 Å². The molecule has 1 rings (SSSR count). The Kier molecular flexibility index (Phi) is 6.24. The van der Waals surface area contributed by atoms with Crippen LogP contribution in [-0.4, -0.2) is 58.4 Å². The van der Waals surface area contributed by atoms with Crippen LogP contribution in [0.1, 0.15) is 39.5 Å². The van der Waals surface area contributed by atoms with Crippen LogP contribution in [0.3, 0.4) is 0 Å². The van der Waals surface area contributed by atoms with Crippen LogP contribution >= 0.6 is 0 Å². The second-order valence-electron chi connectivity index (χ2n) is 5.17. The molecule has 0 unspecified atom stereocenters. The zero-order valence-corrected chi connectivity index (χ0v) is 11.5. The fourth-order valence-corrected chi connectivity index (χ4v) is 2.71. The number of aliphatic carboxylic acids is 2. The van der Waals surface area contributed by atoms with Gasteiger partial charge in [0.2, 0.25) is 0 Å². The minimum absolute atomic E-state index is 0.0102. The van der Waals surface area contributed by atoms with Crippen molar-refractivity contribution in [1.82, 2.24) is 4.90 Å². The monoisotopic (exact) mass is 273 g/mol. The van der Waals surface area contributed by atoms with Gasteiger partial charge in [-0.15, -0.1) is 0 Å². The van der Waals surface area contributed by atoms with Crippen LogP contribution in [0.4, 0.5) is 0 Å². The first-order valence-corrected chi connectivity index (χ1v) is 6.73. The van der Waals surface area contributed by atoms with Crippen LogP contribution in [0.15, 0.2) is 0 Å². The van der Waals surface area contributed by atoms with Crippen LogP contribution in [0.2, 0.25) is 0 Å². The molecule has 0 bridgehead atoms. The van der Waals surface area contributed by atoms with Gasteiger partial charge in [-0.05, 0) is 33.1 Å². The molecule has 0 radical (unpaired) electrons. The maximum absolute atomic E-state index is 11.2. The lowest BCUT2D eigenvalue weighted by molar-refractivity contribution is -0.143. The lowest BCUT2D eigenvalue weighted by Crippen LogP contribution is -2.45. The van der Waals surface area contributed by atoms with Gasteiger partial charge in [-0.3, -0.25) is 14.5 Å². The number of carboxylic acid groups (broad SMARTS) is 2. The molecule has 0 aromatic rings. The molecular weight excluding hydrogens is 250 g/mol. The molecule has 6 heteroatoms. The number of ether oxygens (including phenoxy) is 1. The van der Waals surface area contributed by atoms with E-state index < -0.39 is 18.0 Å². The first kappa shape index (κ1) is 15.9. The Morgan fingerprint density at radius 3 is 2.47 bits per heavy atom. The lowest BCUT2D eigenvalue weighted by Gasteiger charge is -2.31. The minimum atomic E-state index is -0.865. The van der Waals surface area contributed by atoms with Crippen molar-refractivity contribution in [2.75, 3.05) is 13.2 Å². The van der Waals surface area contributed by atoms with E-state index in [1.54, 1.807) is 0 Å². The molecule has 0 aromatic heterocycles. The maximum Gasteiger partial charge on any atom is 0.320 e. The average molecular weight is 273 g/mol. The maximum atomic E-state index is 11.2. The van der Waals surface area contributed by atoms with Gasteiger partial charge in [-0.1, -0.05) is 0 Å². The molecule has 0 aliphatic carbocycles. The third kappa shape index (κ3) is 4.80. The molecule has 6 nitrogen and oxygen atoms in total. The normalized spacial score (nSPS) is 23.9. The van der Waals surface area contributed by atoms with Crippen molar-refractivity contribution in [3.63, 3.8) is 0 Å². The number of hydrogen-bond donors (Lipinski definition) is 2. The minimum Gasteiger partial charge on any atom is -0.481 e. The molecule has 0 amide bonds. The molecule has 1 fully saturated rings.